The van der Waals surface area contributed by atoms with Gasteiger partial charge in [-0.05, 0) is 61.5 Å². The molecule has 2 bridgehead atoms. The molecule has 3 aliphatic rings. The molecule has 1 N–H and O–H groups in total. The van der Waals surface area contributed by atoms with Gasteiger partial charge in [0.25, 0.3) is 5.91 Å². The molecular formula is C25H26N4O. The molecule has 1 aromatic carbocycles. The average molecular weight is 399 g/mol. The molecule has 5 heteroatoms. The lowest BCUT2D eigenvalue weighted by atomic mass is 9.76. The summed E-state index contributed by atoms with van der Waals surface area (Å²) >= 11 is 0. The lowest BCUT2D eigenvalue weighted by Crippen LogP contribution is -2.64. The molecule has 3 fully saturated rings. The number of nitrogens with zero attached hydrogens (tertiary/aromatic N) is 3. The summed E-state index contributed by atoms with van der Waals surface area (Å²) in [4.78, 5) is 24.3. The van der Waals surface area contributed by atoms with Gasteiger partial charge in [0.1, 0.15) is 0 Å². The van der Waals surface area contributed by atoms with E-state index in [1.54, 1.807) is 6.20 Å². The molecule has 3 aromatic rings. The molecule has 152 valence electrons. The number of fused-ring (bicyclic) bond motifs is 3. The van der Waals surface area contributed by atoms with Crippen molar-refractivity contribution in [1.82, 2.24) is 20.2 Å². The van der Waals surface area contributed by atoms with Gasteiger partial charge in [0.2, 0.25) is 0 Å². The van der Waals surface area contributed by atoms with Gasteiger partial charge in [-0.1, -0.05) is 36.4 Å². The SMILES string of the molecule is O=C(NC1C2CCN(CC2)C1Cc1cccnc1)c1cncc(-c2ccccc2)c1. The van der Waals surface area contributed by atoms with Crippen molar-refractivity contribution in [3.63, 3.8) is 0 Å². The van der Waals surface area contributed by atoms with Gasteiger partial charge in [-0.15, -0.1) is 0 Å². The second-order valence-corrected chi connectivity index (χ2v) is 8.33. The maximum Gasteiger partial charge on any atom is 0.253 e. The molecular weight excluding hydrogens is 372 g/mol. The van der Waals surface area contributed by atoms with E-state index in [4.69, 9.17) is 0 Å². The number of nitrogens with one attached hydrogen (secondary N) is 1. The molecule has 3 aliphatic heterocycles. The maximum atomic E-state index is 13.2. The highest BCUT2D eigenvalue weighted by Gasteiger charge is 2.42. The standard InChI is InChI=1S/C25H26N4O/c30-25(22-14-21(16-27-17-22)19-6-2-1-3-7-19)28-24-20-8-11-29(12-9-20)23(24)13-18-5-4-10-26-15-18/h1-7,10,14-17,20,23-24H,8-9,11-13H2,(H,28,30). The molecule has 6 rings (SSSR count). The van der Waals surface area contributed by atoms with Crippen LogP contribution in [0.3, 0.4) is 0 Å². The third kappa shape index (κ3) is 3.85. The summed E-state index contributed by atoms with van der Waals surface area (Å²) < 4.78 is 0. The number of carbonyl (C=O) groups excluding carboxylic acids is 1. The largest absolute Gasteiger partial charge is 0.347 e. The minimum Gasteiger partial charge on any atom is -0.347 e. The van der Waals surface area contributed by atoms with Crippen LogP contribution >= 0.6 is 0 Å². The lowest BCUT2D eigenvalue weighted by Gasteiger charge is -2.51. The molecule has 0 aliphatic carbocycles. The molecule has 0 saturated carbocycles. The van der Waals surface area contributed by atoms with Crippen LogP contribution in [0.15, 0.2) is 73.3 Å². The van der Waals surface area contributed by atoms with Crippen LogP contribution in [-0.4, -0.2) is 45.9 Å². The normalized spacial score (nSPS) is 25.1. The van der Waals surface area contributed by atoms with E-state index in [1.165, 1.54) is 5.56 Å². The molecule has 2 unspecified atom stereocenters. The van der Waals surface area contributed by atoms with Crippen molar-refractivity contribution < 1.29 is 4.79 Å². The second kappa shape index (κ2) is 8.36. The summed E-state index contributed by atoms with van der Waals surface area (Å²) in [5.41, 5.74) is 3.87. The number of benzene rings is 1. The zero-order valence-corrected chi connectivity index (χ0v) is 16.9. The fourth-order valence-corrected chi connectivity index (χ4v) is 4.97. The Balaban J connectivity index is 1.36. The topological polar surface area (TPSA) is 58.1 Å². The van der Waals surface area contributed by atoms with E-state index in [2.05, 4.69) is 26.3 Å². The van der Waals surface area contributed by atoms with Gasteiger partial charge in [0.05, 0.1) is 5.56 Å². The van der Waals surface area contributed by atoms with Crippen molar-refractivity contribution >= 4 is 5.91 Å². The second-order valence-electron chi connectivity index (χ2n) is 8.33. The molecule has 1 amide bonds. The van der Waals surface area contributed by atoms with Crippen molar-refractivity contribution in [2.75, 3.05) is 13.1 Å². The molecule has 0 spiro atoms. The van der Waals surface area contributed by atoms with Gasteiger partial charge >= 0.3 is 0 Å². The Bertz CT molecular complexity index is 1000. The smallest absolute Gasteiger partial charge is 0.253 e. The molecule has 3 saturated heterocycles. The number of pyridine rings is 2. The van der Waals surface area contributed by atoms with Gasteiger partial charge in [0.15, 0.2) is 0 Å². The highest BCUT2D eigenvalue weighted by atomic mass is 16.1. The maximum absolute atomic E-state index is 13.2. The first-order valence-electron chi connectivity index (χ1n) is 10.7. The average Bonchev–Trinajstić information content (AvgIpc) is 2.82. The summed E-state index contributed by atoms with van der Waals surface area (Å²) in [5.74, 6) is 0.501. The van der Waals surface area contributed by atoms with Crippen molar-refractivity contribution in [2.24, 2.45) is 5.92 Å². The number of amides is 1. The molecule has 5 nitrogen and oxygen atoms in total. The van der Waals surface area contributed by atoms with Gasteiger partial charge < -0.3 is 5.32 Å². The Hall–Kier alpha value is -3.05. The highest BCUT2D eigenvalue weighted by Crippen LogP contribution is 2.34. The summed E-state index contributed by atoms with van der Waals surface area (Å²) in [6.45, 7) is 2.24. The predicted molar refractivity (Wildman–Crippen MR) is 117 cm³/mol. The van der Waals surface area contributed by atoms with Crippen LogP contribution in [0.25, 0.3) is 11.1 Å². The van der Waals surface area contributed by atoms with Gasteiger partial charge in [0, 0.05) is 42.4 Å². The molecule has 5 heterocycles. The lowest BCUT2D eigenvalue weighted by molar-refractivity contribution is 0.0136. The zero-order valence-electron chi connectivity index (χ0n) is 16.9. The molecule has 0 radical (unpaired) electrons. The molecule has 30 heavy (non-hydrogen) atoms. The Morgan fingerprint density at radius 3 is 2.57 bits per heavy atom. The predicted octanol–water partition coefficient (Wildman–Crippen LogP) is 3.58. The van der Waals surface area contributed by atoms with Gasteiger partial charge in [-0.3, -0.25) is 19.7 Å². The number of rotatable bonds is 5. The summed E-state index contributed by atoms with van der Waals surface area (Å²) in [6.07, 6.45) is 10.4. The van der Waals surface area contributed by atoms with Crippen LogP contribution in [-0.2, 0) is 6.42 Å². The number of piperidine rings is 3. The van der Waals surface area contributed by atoms with E-state index in [1.807, 2.05) is 61.1 Å². The van der Waals surface area contributed by atoms with Crippen molar-refractivity contribution in [3.8, 4) is 11.1 Å². The Morgan fingerprint density at radius 2 is 1.80 bits per heavy atom. The van der Waals surface area contributed by atoms with Gasteiger partial charge in [-0.2, -0.15) is 0 Å². The number of carbonyl (C=O) groups is 1. The molecule has 2 atom stereocenters. The summed E-state index contributed by atoms with van der Waals surface area (Å²) in [7, 11) is 0. The van der Waals surface area contributed by atoms with Crippen LogP contribution in [0, 0.1) is 5.92 Å². The third-order valence-corrected chi connectivity index (χ3v) is 6.54. The number of hydrogen-bond acceptors (Lipinski definition) is 4. The van der Waals surface area contributed by atoms with E-state index in [-0.39, 0.29) is 11.9 Å². The van der Waals surface area contributed by atoms with Crippen LogP contribution in [0.4, 0.5) is 0 Å². The fourth-order valence-electron chi connectivity index (χ4n) is 4.97. The van der Waals surface area contributed by atoms with E-state index in [9.17, 15) is 4.79 Å². The first-order chi connectivity index (χ1) is 14.8. The Kier molecular flexibility index (Phi) is 5.28. The van der Waals surface area contributed by atoms with Crippen molar-refractivity contribution in [2.45, 2.75) is 31.3 Å². The first-order valence-corrected chi connectivity index (χ1v) is 10.7. The van der Waals surface area contributed by atoms with Crippen LogP contribution in [0.1, 0.15) is 28.8 Å². The van der Waals surface area contributed by atoms with Crippen LogP contribution in [0.5, 0.6) is 0 Å². The van der Waals surface area contributed by atoms with Crippen molar-refractivity contribution in [1.29, 1.82) is 0 Å². The summed E-state index contributed by atoms with van der Waals surface area (Å²) in [6, 6.07) is 16.6. The van der Waals surface area contributed by atoms with Gasteiger partial charge in [-0.25, -0.2) is 0 Å². The van der Waals surface area contributed by atoms with Crippen LogP contribution < -0.4 is 5.32 Å². The van der Waals surface area contributed by atoms with E-state index in [0.717, 1.165) is 43.5 Å². The minimum atomic E-state index is -0.0322. The van der Waals surface area contributed by atoms with E-state index >= 15 is 0 Å². The number of aromatic nitrogens is 2. The fraction of sp³-hybridized carbons (Fsp3) is 0.320. The quantitative estimate of drug-likeness (QED) is 0.714. The Morgan fingerprint density at radius 1 is 0.967 bits per heavy atom. The van der Waals surface area contributed by atoms with E-state index < -0.39 is 0 Å². The third-order valence-electron chi connectivity index (χ3n) is 6.54. The van der Waals surface area contributed by atoms with E-state index in [0.29, 0.717) is 17.5 Å². The monoisotopic (exact) mass is 398 g/mol. The first kappa shape index (κ1) is 18.9. The highest BCUT2D eigenvalue weighted by molar-refractivity contribution is 5.95. The zero-order chi connectivity index (χ0) is 20.3. The molecule has 2 aromatic heterocycles. The Labute approximate surface area is 177 Å². The number of hydrogen-bond donors (Lipinski definition) is 1. The van der Waals surface area contributed by atoms with Crippen LogP contribution in [0.2, 0.25) is 0 Å². The van der Waals surface area contributed by atoms with Crippen molar-refractivity contribution in [3.05, 3.63) is 84.4 Å². The summed E-state index contributed by atoms with van der Waals surface area (Å²) in [5, 5.41) is 3.37. The minimum absolute atomic E-state index is 0.0322.